The van der Waals surface area contributed by atoms with E-state index < -0.39 is 8.80 Å². The van der Waals surface area contributed by atoms with Gasteiger partial charge in [-0.1, -0.05) is 66.0 Å². The lowest BCUT2D eigenvalue weighted by atomic mass is 9.70. The summed E-state index contributed by atoms with van der Waals surface area (Å²) in [6.07, 6.45) is 7.68. The topological polar surface area (TPSA) is 12.9 Å². The van der Waals surface area contributed by atoms with Crippen molar-refractivity contribution < 1.29 is 0 Å². The summed E-state index contributed by atoms with van der Waals surface area (Å²) in [5.41, 5.74) is 1.85. The molecule has 0 amide bonds. The van der Waals surface area contributed by atoms with E-state index in [4.69, 9.17) is 0 Å². The number of hydrogen-bond acceptors (Lipinski definition) is 1. The second kappa shape index (κ2) is 6.64. The molecule has 1 saturated carbocycles. The van der Waals surface area contributed by atoms with Crippen LogP contribution in [-0.2, 0) is 6.04 Å². The zero-order chi connectivity index (χ0) is 15.5. The molecule has 1 heterocycles. The van der Waals surface area contributed by atoms with Crippen LogP contribution in [0.1, 0.15) is 66.0 Å². The van der Waals surface area contributed by atoms with E-state index in [0.29, 0.717) is 10.5 Å². The minimum atomic E-state index is -0.444. The first-order valence-corrected chi connectivity index (χ1v) is 10.5. The van der Waals surface area contributed by atoms with Gasteiger partial charge in [-0.2, -0.15) is 0 Å². The van der Waals surface area contributed by atoms with Crippen LogP contribution in [0.3, 0.4) is 0 Å². The fourth-order valence-corrected chi connectivity index (χ4v) is 6.89. The van der Waals surface area contributed by atoms with Crippen molar-refractivity contribution in [1.29, 1.82) is 0 Å². The van der Waals surface area contributed by atoms with Gasteiger partial charge in [0.2, 0.25) is 0 Å². The van der Waals surface area contributed by atoms with E-state index in [2.05, 4.69) is 51.7 Å². The van der Waals surface area contributed by atoms with E-state index in [-0.39, 0.29) is 0 Å². The van der Waals surface area contributed by atoms with Gasteiger partial charge in [0, 0.05) is 11.9 Å². The quantitative estimate of drug-likeness (QED) is 0.652. The highest BCUT2D eigenvalue weighted by Crippen LogP contribution is 2.46. The summed E-state index contributed by atoms with van der Waals surface area (Å²) in [5.74, 6) is 0.920. The van der Waals surface area contributed by atoms with Crippen molar-refractivity contribution in [3.63, 3.8) is 0 Å². The molecule has 1 radical (unpaired) electrons. The predicted octanol–water partition coefficient (Wildman–Crippen LogP) is 5.67. The van der Waals surface area contributed by atoms with Crippen molar-refractivity contribution in [3.05, 3.63) is 30.1 Å². The maximum atomic E-state index is 4.59. The van der Waals surface area contributed by atoms with Gasteiger partial charge in [-0.25, -0.2) is 0 Å². The van der Waals surface area contributed by atoms with Crippen LogP contribution in [0.5, 0.6) is 0 Å². The van der Waals surface area contributed by atoms with Crippen molar-refractivity contribution in [2.75, 3.05) is 0 Å². The van der Waals surface area contributed by atoms with Crippen LogP contribution >= 0.6 is 0 Å². The average molecular weight is 303 g/mol. The van der Waals surface area contributed by atoms with Crippen LogP contribution in [0.15, 0.2) is 24.4 Å². The molecule has 1 atom stereocenters. The Morgan fingerprint density at radius 1 is 1.24 bits per heavy atom. The van der Waals surface area contributed by atoms with Crippen molar-refractivity contribution in [2.24, 2.45) is 11.3 Å². The molecule has 2 rings (SSSR count). The zero-order valence-corrected chi connectivity index (χ0v) is 15.6. The largest absolute Gasteiger partial charge is 0.262 e. The van der Waals surface area contributed by atoms with Gasteiger partial charge in [0.1, 0.15) is 0 Å². The van der Waals surface area contributed by atoms with Crippen LogP contribution in [0.25, 0.3) is 0 Å². The van der Waals surface area contributed by atoms with Crippen molar-refractivity contribution in [2.45, 2.75) is 77.4 Å². The molecule has 0 aliphatic heterocycles. The third-order valence-electron chi connectivity index (χ3n) is 5.40. The molecule has 1 nitrogen and oxygen atoms in total. The molecule has 21 heavy (non-hydrogen) atoms. The molecule has 0 saturated heterocycles. The van der Waals surface area contributed by atoms with E-state index >= 15 is 0 Å². The van der Waals surface area contributed by atoms with E-state index in [1.807, 2.05) is 12.3 Å². The highest BCUT2D eigenvalue weighted by molar-refractivity contribution is 6.61. The third kappa shape index (κ3) is 4.67. The summed E-state index contributed by atoms with van der Waals surface area (Å²) in [4.78, 5) is 4.59. The third-order valence-corrected chi connectivity index (χ3v) is 9.30. The fraction of sp³-hybridized carbons (Fsp3) is 0.737. The lowest BCUT2D eigenvalue weighted by Crippen LogP contribution is -2.37. The van der Waals surface area contributed by atoms with Crippen LogP contribution in [-0.4, -0.2) is 13.8 Å². The number of pyridine rings is 1. The zero-order valence-electron chi connectivity index (χ0n) is 14.6. The minimum absolute atomic E-state index is 0.444. The fourth-order valence-electron chi connectivity index (χ4n) is 3.61. The number of rotatable bonds is 4. The van der Waals surface area contributed by atoms with Gasteiger partial charge < -0.3 is 0 Å². The first-order valence-electron chi connectivity index (χ1n) is 8.54. The Balaban J connectivity index is 2.10. The molecule has 1 aliphatic rings. The Hall–Kier alpha value is -0.633. The molecular weight excluding hydrogens is 270 g/mol. The monoisotopic (exact) mass is 302 g/mol. The molecule has 0 bridgehead atoms. The normalized spacial score (nSPS) is 22.5. The molecule has 0 N–H and O–H groups in total. The van der Waals surface area contributed by atoms with E-state index in [1.165, 1.54) is 43.5 Å². The van der Waals surface area contributed by atoms with Crippen molar-refractivity contribution >= 4 is 8.80 Å². The van der Waals surface area contributed by atoms with Gasteiger partial charge in [-0.15, -0.1) is 0 Å². The molecule has 1 fully saturated rings. The Kier molecular flexibility index (Phi) is 5.29. The minimum Gasteiger partial charge on any atom is -0.262 e. The smallest absolute Gasteiger partial charge is 0.0605 e. The highest BCUT2D eigenvalue weighted by Gasteiger charge is 2.37. The number of aromatic nitrogens is 1. The molecule has 117 valence electrons. The Morgan fingerprint density at radius 3 is 2.57 bits per heavy atom. The summed E-state index contributed by atoms with van der Waals surface area (Å²) in [7, 11) is -0.444. The second-order valence-electron chi connectivity index (χ2n) is 8.49. The van der Waals surface area contributed by atoms with Gasteiger partial charge in [-0.05, 0) is 41.0 Å². The Bertz CT molecular complexity index is 433. The van der Waals surface area contributed by atoms with Crippen molar-refractivity contribution in [1.82, 2.24) is 4.98 Å². The molecule has 1 aromatic rings. The lowest BCUT2D eigenvalue weighted by Gasteiger charge is -2.42. The van der Waals surface area contributed by atoms with Crippen LogP contribution in [0, 0.1) is 11.3 Å². The summed E-state index contributed by atoms with van der Waals surface area (Å²) < 4.78 is 0. The van der Waals surface area contributed by atoms with Gasteiger partial charge in [0.25, 0.3) is 0 Å². The standard InChI is InChI=1S/C19H32NSi/c1-18(2,3)21(15-17-11-7-9-13-20-17)14-16-10-6-8-12-19(16,4)5/h7,9,11,13,16H,6,8,10,12,14-15H2,1-5H3. The van der Waals surface area contributed by atoms with Crippen LogP contribution < -0.4 is 0 Å². The molecule has 0 spiro atoms. The summed E-state index contributed by atoms with van der Waals surface area (Å²) in [5, 5.41) is 0.454. The number of nitrogens with zero attached hydrogens (tertiary/aromatic N) is 1. The maximum Gasteiger partial charge on any atom is 0.0605 e. The summed E-state index contributed by atoms with van der Waals surface area (Å²) >= 11 is 0. The average Bonchev–Trinajstić information content (AvgIpc) is 2.40. The summed E-state index contributed by atoms with van der Waals surface area (Å²) in [6, 6.07) is 9.05. The first kappa shape index (κ1) is 16.7. The van der Waals surface area contributed by atoms with Gasteiger partial charge >= 0.3 is 0 Å². The molecule has 2 heteroatoms. The van der Waals surface area contributed by atoms with Gasteiger partial charge in [-0.3, -0.25) is 4.98 Å². The molecule has 0 aromatic carbocycles. The van der Waals surface area contributed by atoms with Crippen LogP contribution in [0.2, 0.25) is 11.1 Å². The van der Waals surface area contributed by atoms with E-state index in [9.17, 15) is 0 Å². The van der Waals surface area contributed by atoms with E-state index in [1.54, 1.807) is 0 Å². The molecular formula is C19H32NSi. The molecule has 1 aromatic heterocycles. The molecule has 1 aliphatic carbocycles. The number of hydrogen-bond donors (Lipinski definition) is 0. The lowest BCUT2D eigenvalue weighted by molar-refractivity contribution is 0.152. The SMILES string of the molecule is CC1(C)CCCCC1C[Si](Cc1ccccn1)C(C)(C)C. The Morgan fingerprint density at radius 2 is 2.00 bits per heavy atom. The highest BCUT2D eigenvalue weighted by atomic mass is 28.3. The van der Waals surface area contributed by atoms with E-state index in [0.717, 1.165) is 5.92 Å². The van der Waals surface area contributed by atoms with Crippen molar-refractivity contribution in [3.8, 4) is 0 Å². The van der Waals surface area contributed by atoms with Gasteiger partial charge in [0.15, 0.2) is 0 Å². The Labute approximate surface area is 133 Å². The first-order chi connectivity index (χ1) is 9.79. The second-order valence-corrected chi connectivity index (χ2v) is 12.0. The van der Waals surface area contributed by atoms with Crippen LogP contribution in [0.4, 0.5) is 0 Å². The maximum absolute atomic E-state index is 4.59. The van der Waals surface area contributed by atoms with Gasteiger partial charge in [0.05, 0.1) is 8.80 Å². The predicted molar refractivity (Wildman–Crippen MR) is 94.0 cm³/mol. The summed E-state index contributed by atoms with van der Waals surface area (Å²) in [6.45, 7) is 12.3. The molecule has 1 unspecified atom stereocenters.